The van der Waals surface area contributed by atoms with Gasteiger partial charge in [0.15, 0.2) is 11.6 Å². The van der Waals surface area contributed by atoms with Gasteiger partial charge in [-0.1, -0.05) is 30.3 Å². The van der Waals surface area contributed by atoms with Gasteiger partial charge in [0.05, 0.1) is 0 Å². The molecule has 0 fully saturated rings. The van der Waals surface area contributed by atoms with E-state index in [1.165, 1.54) is 36.9 Å². The van der Waals surface area contributed by atoms with Crippen molar-refractivity contribution in [2.24, 2.45) is 0 Å². The van der Waals surface area contributed by atoms with Crippen molar-refractivity contribution in [1.29, 1.82) is 0 Å². The van der Waals surface area contributed by atoms with Crippen molar-refractivity contribution in [2.45, 2.75) is 59.0 Å². The van der Waals surface area contributed by atoms with E-state index >= 15 is 0 Å². The monoisotopic (exact) mass is 1670 g/mol. The average Bonchev–Trinajstić information content (AvgIpc) is 1.69. The summed E-state index contributed by atoms with van der Waals surface area (Å²) in [5, 5.41) is 29.8. The van der Waals surface area contributed by atoms with Crippen LogP contribution in [0, 0.1) is 0 Å². The van der Waals surface area contributed by atoms with Crippen molar-refractivity contribution < 1.29 is 143 Å². The Kier molecular flexibility index (Phi) is 29.1. The average molecular weight is 1670 g/mol. The number of rotatable bonds is 25. The topological polar surface area (TPSA) is 289 Å². The largest absolute Gasteiger partial charge is 0.508 e. The number of benzene rings is 6. The molecule has 109 heavy (non-hydrogen) atoms. The fourth-order valence-electron chi connectivity index (χ4n) is 9.73. The number of aromatic nitrogens is 6. The van der Waals surface area contributed by atoms with Crippen LogP contribution in [0.25, 0.3) is 44.2 Å². The van der Waals surface area contributed by atoms with Crippen molar-refractivity contribution in [3.63, 3.8) is 0 Å². The zero-order valence-electron chi connectivity index (χ0n) is 54.0. The van der Waals surface area contributed by atoms with Crippen LogP contribution in [0.4, 0.5) is 70.2 Å². The van der Waals surface area contributed by atoms with Gasteiger partial charge in [-0.15, -0.1) is 0 Å². The molecule has 6 N–H and O–H groups in total. The molecule has 6 aromatic carbocycles. The molecule has 0 saturated carbocycles. The number of hydrogen-bond acceptors (Lipinski definition) is 18. The zero-order valence-corrected chi connectivity index (χ0v) is 57.2. The number of hydrogen-bond donors (Lipinski definition) is 6. The minimum atomic E-state index is -3.20. The third-order valence-corrected chi connectivity index (χ3v) is 14.7. The Bertz CT molecular complexity index is 4970. The number of aromatic hydroxyl groups is 2. The number of aliphatic hydroxyl groups is 1. The van der Waals surface area contributed by atoms with Gasteiger partial charge in [0.2, 0.25) is 0 Å². The number of aldehydes is 2. The number of nitrogens with one attached hydrogen (secondary N) is 3. The van der Waals surface area contributed by atoms with E-state index in [1.807, 2.05) is 30.3 Å². The highest BCUT2D eigenvalue weighted by Gasteiger charge is 2.24. The van der Waals surface area contributed by atoms with Gasteiger partial charge in [0.25, 0.3) is 0 Å². The number of fused-ring (bicyclic) bond motifs is 3. The lowest BCUT2D eigenvalue weighted by atomic mass is 10.0. The quantitative estimate of drug-likeness (QED) is 0.0176. The number of phenols is 2. The van der Waals surface area contributed by atoms with Gasteiger partial charge in [-0.2, -0.15) is 70.2 Å². The lowest BCUT2D eigenvalue weighted by Gasteiger charge is -2.15. The maximum Gasteiger partial charge on any atom is 0.387 e. The Hall–Kier alpha value is -12.1. The van der Waals surface area contributed by atoms with E-state index in [4.69, 9.17) is 10.2 Å². The lowest BCUT2D eigenvalue weighted by molar-refractivity contribution is -0.0558. The third kappa shape index (κ3) is 24.5. The Labute approximate surface area is 616 Å². The molecule has 0 amide bonds. The maximum absolute atomic E-state index is 13.1. The number of H-pyrrole nitrogens is 3. The van der Waals surface area contributed by atoms with Crippen molar-refractivity contribution in [2.75, 3.05) is 0 Å². The number of phenolic OH excluding ortho intramolecular Hbond substituents is 2. The van der Waals surface area contributed by atoms with Crippen LogP contribution in [-0.2, 0) is 0 Å². The highest BCUT2D eigenvalue weighted by atomic mass is 79.9. The first kappa shape index (κ1) is 82.5. The van der Waals surface area contributed by atoms with Crippen LogP contribution in [0.5, 0.6) is 57.5 Å². The highest BCUT2D eigenvalue weighted by Crippen LogP contribution is 2.37. The molecule has 0 saturated heterocycles. The molecule has 21 nitrogen and oxygen atoms in total. The standard InChI is InChI=1S/C22H14F4N2O3.C16H11BrF4N2O3.C16H9BrF4N2O3.C9H6F4O3.C7H6O3/c23-21(24)30-15-6-13(7-16(9-15)31-22(25)26)19(29)18-11-28-20-17(18)8-14(10-27-20)12-4-2-1-3-5-12;2*17-8-3-11-12(6-23-14(11)22-5-8)13(24)7-1-9(25-15(18)19)4-10(2-7)26-16(20)21;10-8(11)15-6-1-5(4-14)2-7(3-6)16-9(12)13;8-4-5-1-6(9)3-7(10)2-5/h1-11,21-22H,(H,27,28);1-6,13,15-16,24H,(H,22,23);1-6,15-16H,(H,22,23);1-4,8-9H;1-4,9-10H. The minimum Gasteiger partial charge on any atom is -0.508 e. The number of alkyl halides is 16. The number of pyridine rings is 3. The number of carbonyl (C=O) groups is 4. The second-order valence-corrected chi connectivity index (χ2v) is 23.0. The second kappa shape index (κ2) is 38.4. The maximum atomic E-state index is 13.1. The zero-order chi connectivity index (χ0) is 79.3. The van der Waals surface area contributed by atoms with Gasteiger partial charge in [-0.25, -0.2) is 15.0 Å². The van der Waals surface area contributed by atoms with Crippen LogP contribution in [0.2, 0.25) is 0 Å². The summed E-state index contributed by atoms with van der Waals surface area (Å²) in [4.78, 5) is 67.4. The van der Waals surface area contributed by atoms with Crippen LogP contribution >= 0.6 is 31.9 Å². The molecule has 0 spiro atoms. The van der Waals surface area contributed by atoms with E-state index in [-0.39, 0.29) is 50.4 Å². The van der Waals surface area contributed by atoms with Gasteiger partial charge in [0, 0.05) is 137 Å². The normalized spacial score (nSPS) is 11.4. The van der Waals surface area contributed by atoms with Crippen LogP contribution in [0.15, 0.2) is 186 Å². The van der Waals surface area contributed by atoms with Crippen molar-refractivity contribution in [3.05, 3.63) is 230 Å². The van der Waals surface area contributed by atoms with Gasteiger partial charge in [0.1, 0.15) is 93.1 Å². The van der Waals surface area contributed by atoms with Crippen LogP contribution in [0.3, 0.4) is 0 Å². The van der Waals surface area contributed by atoms with E-state index < -0.39 is 117 Å². The third-order valence-electron chi connectivity index (χ3n) is 13.9. The second-order valence-electron chi connectivity index (χ2n) is 21.2. The highest BCUT2D eigenvalue weighted by molar-refractivity contribution is 9.10. The molecule has 0 aliphatic carbocycles. The predicted molar refractivity (Wildman–Crippen MR) is 359 cm³/mol. The molecule has 12 aromatic rings. The molecular formula is C70H46Br2F16N6O15. The number of aliphatic hydroxyl groups excluding tert-OH is 1. The first-order valence-electron chi connectivity index (χ1n) is 30.0. The molecular weight excluding hydrogens is 1630 g/mol. The predicted octanol–water partition coefficient (Wildman–Crippen LogP) is 18.6. The molecule has 572 valence electrons. The molecule has 0 aliphatic rings. The van der Waals surface area contributed by atoms with Crippen LogP contribution in [-0.4, -0.2) is 122 Å². The number of carbonyl (C=O) groups excluding carboxylic acids is 4. The molecule has 1 unspecified atom stereocenters. The summed E-state index contributed by atoms with van der Waals surface area (Å²) in [5.74, 6) is -4.97. The van der Waals surface area contributed by atoms with Gasteiger partial charge >= 0.3 is 52.9 Å². The summed E-state index contributed by atoms with van der Waals surface area (Å²) in [7, 11) is 0. The van der Waals surface area contributed by atoms with Gasteiger partial charge < -0.3 is 68.2 Å². The Morgan fingerprint density at radius 3 is 1.07 bits per heavy atom. The summed E-state index contributed by atoms with van der Waals surface area (Å²) in [5.41, 5.74) is 3.66. The first-order valence-corrected chi connectivity index (χ1v) is 31.6. The lowest BCUT2D eigenvalue weighted by Crippen LogP contribution is -2.08. The van der Waals surface area contributed by atoms with E-state index in [9.17, 15) is 94.5 Å². The van der Waals surface area contributed by atoms with Crippen molar-refractivity contribution in [1.82, 2.24) is 29.9 Å². The molecule has 12 rings (SSSR count). The molecule has 0 bridgehead atoms. The summed E-state index contributed by atoms with van der Waals surface area (Å²) in [6.45, 7) is -25.3. The van der Waals surface area contributed by atoms with Crippen molar-refractivity contribution >= 4 is 89.1 Å². The van der Waals surface area contributed by atoms with E-state index in [1.54, 1.807) is 30.6 Å². The van der Waals surface area contributed by atoms with E-state index in [0.29, 0.717) is 60.2 Å². The molecule has 1 atom stereocenters. The fourth-order valence-corrected chi connectivity index (χ4v) is 10.4. The molecule has 6 heterocycles. The number of ketones is 2. The van der Waals surface area contributed by atoms with E-state index in [2.05, 4.69) is 99.7 Å². The van der Waals surface area contributed by atoms with Crippen LogP contribution < -0.4 is 37.9 Å². The molecule has 39 heteroatoms. The fraction of sp³-hybridized carbons (Fsp3) is 0.129. The number of nitrogens with zero attached hydrogens (tertiary/aromatic N) is 3. The van der Waals surface area contributed by atoms with Gasteiger partial charge in [-0.05, 0) is 122 Å². The summed E-state index contributed by atoms with van der Waals surface area (Å²) in [6, 6.07) is 30.0. The van der Waals surface area contributed by atoms with Crippen molar-refractivity contribution in [3.8, 4) is 68.6 Å². The minimum absolute atomic E-state index is 0.0414. The number of halogens is 18. The smallest absolute Gasteiger partial charge is 0.387 e. The molecule has 0 radical (unpaired) electrons. The Morgan fingerprint density at radius 2 is 0.697 bits per heavy atom. The summed E-state index contributed by atoms with van der Waals surface area (Å²) in [6.07, 6.45) is 8.57. The summed E-state index contributed by atoms with van der Waals surface area (Å²) >= 11 is 6.51. The Morgan fingerprint density at radius 1 is 0.376 bits per heavy atom. The number of ether oxygens (including phenoxy) is 8. The van der Waals surface area contributed by atoms with Crippen LogP contribution in [0.1, 0.15) is 69.8 Å². The van der Waals surface area contributed by atoms with E-state index in [0.717, 1.165) is 90.0 Å². The first-order chi connectivity index (χ1) is 51.8. The SMILES string of the molecule is O=C(c1cc(OC(F)F)cc(OC(F)F)c1)c1c[nH]c2ncc(-c3ccccc3)cc12.O=C(c1cc(OC(F)F)cc(OC(F)F)c1)c1c[nH]c2ncc(Br)cc12.O=Cc1cc(O)cc(O)c1.O=Cc1cc(OC(F)F)cc(OC(F)F)c1.OC(c1cc(OC(F)F)cc(OC(F)F)c1)c1c[nH]c2ncc(Br)cc12. The Balaban J connectivity index is 0.000000178. The summed E-state index contributed by atoms with van der Waals surface area (Å²) < 4.78 is 232. The number of aromatic amines is 3. The molecule has 6 aromatic heterocycles. The van der Waals surface area contributed by atoms with Gasteiger partial charge in [-0.3, -0.25) is 19.2 Å². The molecule has 0 aliphatic heterocycles.